The molecule has 0 amide bonds. The Morgan fingerprint density at radius 2 is 0.864 bits per heavy atom. The molecule has 0 atom stereocenters. The minimum atomic E-state index is -1.08. The third kappa shape index (κ3) is 27.2. The highest BCUT2D eigenvalue weighted by molar-refractivity contribution is 5.60. The smallest absolute Gasteiger partial charge is 0.296 e. The maximum atomic E-state index is 8.89. The van der Waals surface area contributed by atoms with Crippen molar-refractivity contribution in [1.82, 2.24) is 0 Å². The lowest BCUT2D eigenvalue weighted by atomic mass is 10.4. The fraction of sp³-hybridized carbons (Fsp3) is 0.125. The number of halogens is 2. The van der Waals surface area contributed by atoms with E-state index in [1.54, 1.807) is 0 Å². The van der Waals surface area contributed by atoms with Crippen LogP contribution in [0.5, 0.6) is 0 Å². The minimum absolute atomic E-state index is 0.972. The van der Waals surface area contributed by atoms with Gasteiger partial charge in [0.2, 0.25) is 0 Å². The van der Waals surface area contributed by atoms with E-state index in [9.17, 15) is 0 Å². The predicted octanol–water partition coefficient (Wildman–Crippen LogP) is -6.20. The largest absolute Gasteiger partial charge is 0.550 e. The van der Waals surface area contributed by atoms with Crippen molar-refractivity contribution in [3.8, 4) is 0 Å². The molecule has 0 N–H and O–H groups in total. The number of benzene rings is 2. The van der Waals surface area contributed by atoms with Crippen LogP contribution in [0.3, 0.4) is 0 Å². The van der Waals surface area contributed by atoms with E-state index in [4.69, 9.17) is 19.8 Å². The van der Waals surface area contributed by atoms with Crippen molar-refractivity contribution in [2.45, 2.75) is 13.8 Å². The molecule has 22 heavy (non-hydrogen) atoms. The van der Waals surface area contributed by atoms with Crippen molar-refractivity contribution in [2.24, 2.45) is 0 Å². The van der Waals surface area contributed by atoms with E-state index in [1.165, 1.54) is 7.14 Å². The van der Waals surface area contributed by atoms with Gasteiger partial charge in [0.25, 0.3) is 45.2 Å². The molecule has 2 aromatic rings. The van der Waals surface area contributed by atoms with Crippen molar-refractivity contribution in [1.29, 1.82) is 0 Å². The molecule has 0 aliphatic rings. The van der Waals surface area contributed by atoms with Gasteiger partial charge in [0, 0.05) is 11.9 Å². The lowest BCUT2D eigenvalue weighted by Crippen LogP contribution is -3.34. The molecule has 0 aliphatic carbocycles. The van der Waals surface area contributed by atoms with Gasteiger partial charge < -0.3 is 19.8 Å². The summed E-state index contributed by atoms with van der Waals surface area (Å²) in [5, 5.41) is 17.8. The molecule has 0 heterocycles. The van der Waals surface area contributed by atoms with Crippen LogP contribution in [0.4, 0.5) is 0 Å². The van der Waals surface area contributed by atoms with Crippen molar-refractivity contribution < 1.29 is 65.0 Å². The topological polar surface area (TPSA) is 80.3 Å². The quantitative estimate of drug-likeness (QED) is 0.319. The molecule has 2 aromatic carbocycles. The van der Waals surface area contributed by atoms with Crippen molar-refractivity contribution in [3.63, 3.8) is 0 Å². The Labute approximate surface area is 157 Å². The van der Waals surface area contributed by atoms with Crippen molar-refractivity contribution in [2.75, 3.05) is 0 Å². The molecule has 0 fully saturated rings. The maximum absolute atomic E-state index is 8.89. The molecule has 0 aromatic heterocycles. The molecular weight excluding hydrogens is 510 g/mol. The Hall–Kier alpha value is -1.16. The van der Waals surface area contributed by atoms with E-state index in [1.807, 2.05) is 81.6 Å². The van der Waals surface area contributed by atoms with Gasteiger partial charge in [-0.15, -0.1) is 0 Å². The van der Waals surface area contributed by atoms with Crippen LogP contribution in [0.1, 0.15) is 13.8 Å². The van der Waals surface area contributed by atoms with Crippen LogP contribution in [-0.2, 0) is 9.59 Å². The van der Waals surface area contributed by atoms with Crippen molar-refractivity contribution in [3.05, 3.63) is 67.8 Å². The van der Waals surface area contributed by atoms with Gasteiger partial charge in [-0.05, 0) is 38.1 Å². The molecule has 0 unspecified atom stereocenters. The summed E-state index contributed by atoms with van der Waals surface area (Å²) in [5.74, 6) is -2.17. The van der Waals surface area contributed by atoms with Crippen LogP contribution >= 0.6 is 0 Å². The summed E-state index contributed by atoms with van der Waals surface area (Å²) in [6.07, 6.45) is 0. The third-order valence-electron chi connectivity index (χ3n) is 1.49. The second-order valence-electron chi connectivity index (χ2n) is 3.61. The summed E-state index contributed by atoms with van der Waals surface area (Å²) in [6.45, 7) is 1.94. The first-order valence-electron chi connectivity index (χ1n) is 6.05. The minimum Gasteiger partial charge on any atom is -0.550 e. The highest BCUT2D eigenvalue weighted by Gasteiger charge is 1.86. The van der Waals surface area contributed by atoms with Crippen LogP contribution in [0, 0.1) is 7.14 Å². The maximum Gasteiger partial charge on any atom is 0.296 e. The molecule has 4 nitrogen and oxygen atoms in total. The number of carboxylic acids is 2. The molecule has 0 bridgehead atoms. The number of rotatable bonds is 0. The second kappa shape index (κ2) is 16.2. The van der Waals surface area contributed by atoms with Crippen LogP contribution < -0.4 is 55.4 Å². The molecule has 0 spiro atoms. The van der Waals surface area contributed by atoms with Gasteiger partial charge in [-0.3, -0.25) is 0 Å². The van der Waals surface area contributed by atoms with Gasteiger partial charge in [0.05, 0.1) is 0 Å². The average molecular weight is 528 g/mol. The molecule has 120 valence electrons. The molecular formula is C16H18I2O4. The predicted molar refractivity (Wildman–Crippen MR) is 74.4 cm³/mol. The zero-order chi connectivity index (χ0) is 17.4. The second-order valence-corrected chi connectivity index (χ2v) is 6.30. The summed E-state index contributed by atoms with van der Waals surface area (Å²) in [5.41, 5.74) is 0. The Morgan fingerprint density at radius 1 is 0.682 bits per heavy atom. The van der Waals surface area contributed by atoms with Gasteiger partial charge in [0.15, 0.2) is 7.14 Å². The average Bonchev–Trinajstić information content (AvgIpc) is 2.40. The van der Waals surface area contributed by atoms with E-state index in [0.29, 0.717) is 0 Å². The number of hydrogen-bond donors (Lipinski definition) is 0. The summed E-state index contributed by atoms with van der Waals surface area (Å²) >= 11 is 4.04. The van der Waals surface area contributed by atoms with Gasteiger partial charge in [-0.2, -0.15) is 0 Å². The molecule has 0 radical (unpaired) electrons. The standard InChI is InChI=1S/2C6H6I.2C2H4O2/c2*7-6-4-2-1-3-5-6;2*1-2(3)4/h2*1-5,7H;2*1H3,(H,3,4)/q2*+1;;/p-2. The number of aliphatic carboxylic acids is 2. The molecule has 0 saturated heterocycles. The number of carbonyl (C=O) groups excluding carboxylic acids is 2. The number of hydrogen-bond acceptors (Lipinski definition) is 4. The van der Waals surface area contributed by atoms with E-state index in [2.05, 4.69) is 24.3 Å². The van der Waals surface area contributed by atoms with E-state index < -0.39 is 11.9 Å². The summed E-state index contributed by atoms with van der Waals surface area (Å²) in [6, 6.07) is 20.6. The van der Waals surface area contributed by atoms with Crippen molar-refractivity contribution >= 4 is 11.9 Å². The zero-order valence-electron chi connectivity index (χ0n) is 12.2. The SMILES string of the molecule is CC(=O)[O-].CC(=O)[O-].[IH+]c1ccccc1.[IH+]c1ccccc1. The lowest BCUT2D eigenvalue weighted by Gasteiger charge is -1.77. The van der Waals surface area contributed by atoms with E-state index in [-0.39, 0.29) is 0 Å². The Bertz CT molecular complexity index is 459. The summed E-state index contributed by atoms with van der Waals surface area (Å²) < 4.78 is 2.66. The van der Waals surface area contributed by atoms with Gasteiger partial charge in [0.1, 0.15) is 0 Å². The van der Waals surface area contributed by atoms with Crippen LogP contribution in [0.25, 0.3) is 0 Å². The van der Waals surface area contributed by atoms with Gasteiger partial charge in [-0.1, -0.05) is 36.4 Å². The first-order chi connectivity index (χ1) is 10.3. The third-order valence-corrected chi connectivity index (χ3v) is 3.04. The van der Waals surface area contributed by atoms with Crippen LogP contribution in [-0.4, -0.2) is 11.9 Å². The van der Waals surface area contributed by atoms with Gasteiger partial charge in [-0.25, -0.2) is 0 Å². The molecule has 2 rings (SSSR count). The highest BCUT2D eigenvalue weighted by atomic mass is 127. The first kappa shape index (κ1) is 23.1. The van der Waals surface area contributed by atoms with E-state index in [0.717, 1.165) is 13.8 Å². The number of carbonyl (C=O) groups is 2. The first-order valence-corrected chi connectivity index (χ1v) is 8.38. The van der Waals surface area contributed by atoms with E-state index >= 15 is 0 Å². The van der Waals surface area contributed by atoms with Crippen LogP contribution in [0.2, 0.25) is 0 Å². The highest BCUT2D eigenvalue weighted by Crippen LogP contribution is 1.81. The molecule has 0 saturated carbocycles. The Kier molecular flexibility index (Phi) is 17.0. The van der Waals surface area contributed by atoms with Crippen LogP contribution in [0.15, 0.2) is 60.7 Å². The fourth-order valence-corrected chi connectivity index (χ4v) is 1.74. The monoisotopic (exact) mass is 528 g/mol. The normalized spacial score (nSPS) is 7.82. The Morgan fingerprint density at radius 3 is 0.955 bits per heavy atom. The van der Waals surface area contributed by atoms with Gasteiger partial charge >= 0.3 is 0 Å². The summed E-state index contributed by atoms with van der Waals surface area (Å²) in [7, 11) is 0. The molecule has 0 aliphatic heterocycles. The summed E-state index contributed by atoms with van der Waals surface area (Å²) in [4.78, 5) is 17.8. The fourth-order valence-electron chi connectivity index (χ4n) is 0.841. The lowest BCUT2D eigenvalue weighted by molar-refractivity contribution is -0.328. The zero-order valence-corrected chi connectivity index (χ0v) is 16.9. The molecule has 6 heteroatoms. The number of carboxylic acid groups (broad SMARTS) is 2. The Balaban J connectivity index is 0.